The first-order chi connectivity index (χ1) is 11.2. The van der Waals surface area contributed by atoms with E-state index in [-0.39, 0.29) is 11.7 Å². The Hall–Kier alpha value is -2.82. The quantitative estimate of drug-likeness (QED) is 0.882. The lowest BCUT2D eigenvalue weighted by Gasteiger charge is -2.15. The van der Waals surface area contributed by atoms with Gasteiger partial charge >= 0.3 is 0 Å². The van der Waals surface area contributed by atoms with Crippen LogP contribution in [0.25, 0.3) is 0 Å². The molecule has 0 aliphatic carbocycles. The van der Waals surface area contributed by atoms with E-state index < -0.39 is 0 Å². The Kier molecular flexibility index (Phi) is 4.28. The highest BCUT2D eigenvalue weighted by Gasteiger charge is 2.21. The van der Waals surface area contributed by atoms with Crippen LogP contribution in [0.5, 0.6) is 11.5 Å². The molecule has 118 valence electrons. The molecule has 1 heterocycles. The third kappa shape index (κ3) is 3.34. The maximum absolute atomic E-state index is 11.8. The number of nitrogens with zero attached hydrogens (tertiary/aromatic N) is 2. The summed E-state index contributed by atoms with van der Waals surface area (Å²) >= 11 is 0. The van der Waals surface area contributed by atoms with Gasteiger partial charge in [-0.25, -0.2) is 0 Å². The van der Waals surface area contributed by atoms with Crippen molar-refractivity contribution in [3.05, 3.63) is 48.0 Å². The first-order valence-corrected chi connectivity index (χ1v) is 7.49. The predicted molar refractivity (Wildman–Crippen MR) is 89.9 cm³/mol. The highest BCUT2D eigenvalue weighted by molar-refractivity contribution is 5.95. The van der Waals surface area contributed by atoms with Crippen molar-refractivity contribution in [1.29, 1.82) is 0 Å². The molecule has 5 heteroatoms. The molecule has 0 radical (unpaired) electrons. The van der Waals surface area contributed by atoms with E-state index >= 15 is 0 Å². The smallest absolute Gasteiger partial charge is 0.227 e. The highest BCUT2D eigenvalue weighted by atomic mass is 16.5. The van der Waals surface area contributed by atoms with Gasteiger partial charge in [-0.1, -0.05) is 6.07 Å². The molecule has 3 rings (SSSR count). The van der Waals surface area contributed by atoms with Crippen molar-refractivity contribution in [3.63, 3.8) is 0 Å². The van der Waals surface area contributed by atoms with Crippen molar-refractivity contribution in [2.75, 3.05) is 18.6 Å². The second-order valence-electron chi connectivity index (χ2n) is 5.35. The van der Waals surface area contributed by atoms with Crippen LogP contribution in [0, 0.1) is 0 Å². The third-order valence-electron chi connectivity index (χ3n) is 3.80. The number of hydrogen-bond acceptors (Lipinski definition) is 4. The SMILES string of the molecule is COc1ccc(O)c(C=Nc2cccc(N3CCCC3=O)c2)c1. The summed E-state index contributed by atoms with van der Waals surface area (Å²) < 4.78 is 5.14. The van der Waals surface area contributed by atoms with Crippen LogP contribution >= 0.6 is 0 Å². The summed E-state index contributed by atoms with van der Waals surface area (Å²) in [6.45, 7) is 0.753. The lowest BCUT2D eigenvalue weighted by atomic mass is 10.2. The van der Waals surface area contributed by atoms with Crippen LogP contribution in [0.1, 0.15) is 18.4 Å². The number of benzene rings is 2. The number of aromatic hydroxyl groups is 1. The van der Waals surface area contributed by atoms with Crippen molar-refractivity contribution in [1.82, 2.24) is 0 Å². The minimum atomic E-state index is 0.139. The lowest BCUT2D eigenvalue weighted by Crippen LogP contribution is -2.23. The molecule has 1 aliphatic heterocycles. The summed E-state index contributed by atoms with van der Waals surface area (Å²) in [5.41, 5.74) is 2.16. The highest BCUT2D eigenvalue weighted by Crippen LogP contribution is 2.26. The van der Waals surface area contributed by atoms with E-state index in [1.807, 2.05) is 24.3 Å². The largest absolute Gasteiger partial charge is 0.507 e. The molecular formula is C18H18N2O3. The number of carbonyl (C=O) groups excluding carboxylic acids is 1. The van der Waals surface area contributed by atoms with E-state index in [1.54, 1.807) is 36.4 Å². The topological polar surface area (TPSA) is 62.1 Å². The van der Waals surface area contributed by atoms with Crippen molar-refractivity contribution in [2.45, 2.75) is 12.8 Å². The molecule has 2 aromatic carbocycles. The molecule has 1 amide bonds. The summed E-state index contributed by atoms with van der Waals surface area (Å²) in [7, 11) is 1.57. The molecule has 1 fully saturated rings. The van der Waals surface area contributed by atoms with Gasteiger partial charge in [-0.2, -0.15) is 0 Å². The van der Waals surface area contributed by atoms with Crippen LogP contribution in [0.3, 0.4) is 0 Å². The van der Waals surface area contributed by atoms with Crippen molar-refractivity contribution < 1.29 is 14.6 Å². The zero-order chi connectivity index (χ0) is 16.2. The average molecular weight is 310 g/mol. The van der Waals surface area contributed by atoms with Crippen LogP contribution < -0.4 is 9.64 Å². The second-order valence-corrected chi connectivity index (χ2v) is 5.35. The number of ether oxygens (including phenoxy) is 1. The van der Waals surface area contributed by atoms with Crippen molar-refractivity contribution in [2.24, 2.45) is 4.99 Å². The minimum absolute atomic E-state index is 0.139. The Morgan fingerprint density at radius 3 is 2.87 bits per heavy atom. The van der Waals surface area contributed by atoms with Gasteiger partial charge in [0, 0.05) is 30.4 Å². The van der Waals surface area contributed by atoms with Gasteiger partial charge < -0.3 is 14.7 Å². The van der Waals surface area contributed by atoms with Crippen LogP contribution in [-0.2, 0) is 4.79 Å². The van der Waals surface area contributed by atoms with Gasteiger partial charge in [-0.05, 0) is 42.8 Å². The van der Waals surface area contributed by atoms with Crippen molar-refractivity contribution >= 4 is 23.5 Å². The van der Waals surface area contributed by atoms with E-state index in [2.05, 4.69) is 4.99 Å². The molecule has 0 atom stereocenters. The Morgan fingerprint density at radius 1 is 1.26 bits per heavy atom. The molecule has 0 unspecified atom stereocenters. The number of anilines is 1. The molecule has 5 nitrogen and oxygen atoms in total. The fraction of sp³-hybridized carbons (Fsp3) is 0.222. The standard InChI is InChI=1S/C18H18N2O3/c1-23-16-7-8-17(21)13(10-16)12-19-14-4-2-5-15(11-14)20-9-3-6-18(20)22/h2,4-5,7-8,10-12,21H,3,6,9H2,1H3. The fourth-order valence-corrected chi connectivity index (χ4v) is 2.57. The monoisotopic (exact) mass is 310 g/mol. The molecule has 1 N–H and O–H groups in total. The number of rotatable bonds is 4. The number of methoxy groups -OCH3 is 1. The molecule has 0 aromatic heterocycles. The Balaban J connectivity index is 1.84. The Morgan fingerprint density at radius 2 is 2.13 bits per heavy atom. The summed E-state index contributed by atoms with van der Waals surface area (Å²) in [4.78, 5) is 18.0. The summed E-state index contributed by atoms with van der Waals surface area (Å²) in [6, 6.07) is 12.5. The number of aliphatic imine (C=N–C) groups is 1. The molecule has 0 saturated carbocycles. The molecule has 23 heavy (non-hydrogen) atoms. The van der Waals surface area contributed by atoms with E-state index in [0.717, 1.165) is 24.3 Å². The van der Waals surface area contributed by atoms with Crippen molar-refractivity contribution in [3.8, 4) is 11.5 Å². The van der Waals surface area contributed by atoms with Gasteiger partial charge in [0.05, 0.1) is 12.8 Å². The Bertz CT molecular complexity index is 756. The molecule has 1 saturated heterocycles. The zero-order valence-corrected chi connectivity index (χ0v) is 12.9. The van der Waals surface area contributed by atoms with Crippen LogP contribution in [-0.4, -0.2) is 30.9 Å². The normalized spacial score (nSPS) is 14.7. The number of hydrogen-bond donors (Lipinski definition) is 1. The number of phenols is 1. The van der Waals surface area contributed by atoms with E-state index in [1.165, 1.54) is 0 Å². The average Bonchev–Trinajstić information content (AvgIpc) is 3.00. The number of phenolic OH excluding ortho intramolecular Hbond substituents is 1. The van der Waals surface area contributed by atoms with Crippen LogP contribution in [0.2, 0.25) is 0 Å². The summed E-state index contributed by atoms with van der Waals surface area (Å²) in [6.07, 6.45) is 3.08. The van der Waals surface area contributed by atoms with Gasteiger partial charge in [0.2, 0.25) is 5.91 Å². The molecule has 0 bridgehead atoms. The number of carbonyl (C=O) groups is 1. The Labute approximate surface area is 134 Å². The molecular weight excluding hydrogens is 292 g/mol. The first kappa shape index (κ1) is 15.1. The summed E-state index contributed by atoms with van der Waals surface area (Å²) in [5.74, 6) is 0.942. The number of amides is 1. The van der Waals surface area contributed by atoms with Crippen LogP contribution in [0.4, 0.5) is 11.4 Å². The maximum atomic E-state index is 11.8. The lowest BCUT2D eigenvalue weighted by molar-refractivity contribution is -0.117. The first-order valence-electron chi connectivity index (χ1n) is 7.49. The van der Waals surface area contributed by atoms with E-state index in [9.17, 15) is 9.90 Å². The van der Waals surface area contributed by atoms with Gasteiger partial charge in [0.25, 0.3) is 0 Å². The van der Waals surface area contributed by atoms with Gasteiger partial charge in [-0.3, -0.25) is 9.79 Å². The molecule has 2 aromatic rings. The zero-order valence-electron chi connectivity index (χ0n) is 12.9. The fourth-order valence-electron chi connectivity index (χ4n) is 2.57. The van der Waals surface area contributed by atoms with Gasteiger partial charge in [0.15, 0.2) is 0 Å². The molecule has 1 aliphatic rings. The van der Waals surface area contributed by atoms with Gasteiger partial charge in [0.1, 0.15) is 11.5 Å². The third-order valence-corrected chi connectivity index (χ3v) is 3.80. The van der Waals surface area contributed by atoms with Crippen LogP contribution in [0.15, 0.2) is 47.5 Å². The second kappa shape index (κ2) is 6.52. The van der Waals surface area contributed by atoms with Gasteiger partial charge in [-0.15, -0.1) is 0 Å². The maximum Gasteiger partial charge on any atom is 0.227 e. The minimum Gasteiger partial charge on any atom is -0.507 e. The summed E-state index contributed by atoms with van der Waals surface area (Å²) in [5, 5.41) is 9.87. The molecule has 0 spiro atoms. The van der Waals surface area contributed by atoms with E-state index in [0.29, 0.717) is 17.7 Å². The predicted octanol–water partition coefficient (Wildman–Crippen LogP) is 3.28. The van der Waals surface area contributed by atoms with E-state index in [4.69, 9.17) is 4.74 Å².